The van der Waals surface area contributed by atoms with Gasteiger partial charge in [-0.15, -0.1) is 10.2 Å². The lowest BCUT2D eigenvalue weighted by molar-refractivity contribution is 0.412. The van der Waals surface area contributed by atoms with Gasteiger partial charge in [0, 0.05) is 37.8 Å². The molecule has 0 unspecified atom stereocenters. The molecule has 0 spiro atoms. The summed E-state index contributed by atoms with van der Waals surface area (Å²) in [5.41, 5.74) is 1.01. The van der Waals surface area contributed by atoms with Crippen molar-refractivity contribution in [2.24, 2.45) is 0 Å². The van der Waals surface area contributed by atoms with Crippen LogP contribution in [-0.4, -0.2) is 50.5 Å². The number of aromatic nitrogens is 5. The van der Waals surface area contributed by atoms with Crippen LogP contribution in [-0.2, 0) is 6.54 Å². The molecular weight excluding hydrogens is 396 g/mol. The van der Waals surface area contributed by atoms with Crippen LogP contribution in [0, 0.1) is 0 Å². The molecule has 0 amide bonds. The van der Waals surface area contributed by atoms with Gasteiger partial charge >= 0.3 is 0 Å². The molecule has 30 heavy (non-hydrogen) atoms. The minimum Gasteiger partial charge on any atom is -0.495 e. The van der Waals surface area contributed by atoms with Gasteiger partial charge in [-0.2, -0.15) is 5.10 Å². The first-order valence-corrected chi connectivity index (χ1v) is 11.8. The van der Waals surface area contributed by atoms with Gasteiger partial charge in [0.15, 0.2) is 5.16 Å². The number of nitrogens with zero attached hydrogens (tertiary/aromatic N) is 6. The van der Waals surface area contributed by atoms with E-state index < -0.39 is 0 Å². The molecule has 1 fully saturated rings. The number of unbranched alkanes of at least 4 members (excludes halogenated alkanes) is 2. The highest BCUT2D eigenvalue weighted by Crippen LogP contribution is 2.33. The van der Waals surface area contributed by atoms with Gasteiger partial charge in [-0.1, -0.05) is 30.3 Å². The summed E-state index contributed by atoms with van der Waals surface area (Å²) >= 11 is 1.78. The molecule has 0 radical (unpaired) electrons. The number of para-hydroxylation sites is 2. The van der Waals surface area contributed by atoms with Crippen LogP contribution in [0.2, 0.25) is 0 Å². The molecule has 1 saturated heterocycles. The van der Waals surface area contributed by atoms with E-state index in [0.717, 1.165) is 60.8 Å². The Labute approximate surface area is 182 Å². The maximum Gasteiger partial charge on any atom is 0.232 e. The van der Waals surface area contributed by atoms with Crippen LogP contribution in [0.5, 0.6) is 5.75 Å². The molecule has 4 rings (SSSR count). The zero-order valence-electron chi connectivity index (χ0n) is 17.6. The highest BCUT2D eigenvalue weighted by atomic mass is 32.2. The maximum atomic E-state index is 5.65. The summed E-state index contributed by atoms with van der Waals surface area (Å²) in [5, 5.41) is 14.4. The summed E-state index contributed by atoms with van der Waals surface area (Å²) in [6.07, 6.45) is 11.0. The zero-order valence-corrected chi connectivity index (χ0v) is 18.4. The van der Waals surface area contributed by atoms with Crippen molar-refractivity contribution in [2.75, 3.05) is 30.9 Å². The lowest BCUT2D eigenvalue weighted by Gasteiger charge is -2.28. The van der Waals surface area contributed by atoms with Crippen molar-refractivity contribution in [3.63, 3.8) is 0 Å². The van der Waals surface area contributed by atoms with E-state index in [-0.39, 0.29) is 0 Å². The second kappa shape index (κ2) is 10.5. The Bertz CT molecular complexity index is 904. The van der Waals surface area contributed by atoms with Crippen molar-refractivity contribution >= 4 is 17.7 Å². The molecule has 8 heteroatoms. The van der Waals surface area contributed by atoms with Gasteiger partial charge in [0.2, 0.25) is 5.95 Å². The molecule has 3 heterocycles. The fourth-order valence-electron chi connectivity index (χ4n) is 3.83. The number of hydrogen-bond donors (Lipinski definition) is 0. The van der Waals surface area contributed by atoms with Gasteiger partial charge in [0.25, 0.3) is 0 Å². The van der Waals surface area contributed by atoms with E-state index in [1.54, 1.807) is 18.9 Å². The van der Waals surface area contributed by atoms with Crippen LogP contribution in [0.3, 0.4) is 0 Å². The van der Waals surface area contributed by atoms with E-state index in [1.165, 1.54) is 25.7 Å². The van der Waals surface area contributed by atoms with Crippen molar-refractivity contribution in [2.45, 2.75) is 50.2 Å². The molecule has 0 atom stereocenters. The molecule has 1 aromatic carbocycles. The minimum atomic E-state index is 0.844. The molecule has 0 bridgehead atoms. The summed E-state index contributed by atoms with van der Waals surface area (Å²) in [6, 6.07) is 10.1. The van der Waals surface area contributed by atoms with Crippen LogP contribution < -0.4 is 9.64 Å². The molecule has 0 aliphatic carbocycles. The van der Waals surface area contributed by atoms with Gasteiger partial charge in [-0.3, -0.25) is 9.25 Å². The number of ether oxygens (including phenoxy) is 1. The Kier molecular flexibility index (Phi) is 7.29. The Morgan fingerprint density at radius 2 is 1.87 bits per heavy atom. The monoisotopic (exact) mass is 426 g/mol. The largest absolute Gasteiger partial charge is 0.495 e. The molecule has 2 aromatic heterocycles. The number of thioether (sulfide) groups is 1. The molecule has 0 N–H and O–H groups in total. The minimum absolute atomic E-state index is 0.844. The van der Waals surface area contributed by atoms with Crippen LogP contribution in [0.4, 0.5) is 5.95 Å². The third-order valence-electron chi connectivity index (χ3n) is 5.40. The Hall–Kier alpha value is -2.48. The fourth-order valence-corrected chi connectivity index (χ4v) is 4.77. The standard InChI is InChI=1S/C22H30N6OS/c1-29-20-12-5-4-11-19(20)28-21(26-14-6-2-7-15-26)24-25-22(28)30-18-9-3-8-16-27-17-10-13-23-27/h4-5,10-13,17H,2-3,6-9,14-16,18H2,1H3. The highest BCUT2D eigenvalue weighted by Gasteiger charge is 2.23. The Morgan fingerprint density at radius 1 is 1.00 bits per heavy atom. The average molecular weight is 427 g/mol. The van der Waals surface area contributed by atoms with E-state index in [2.05, 4.69) is 30.8 Å². The third-order valence-corrected chi connectivity index (χ3v) is 6.42. The number of piperidine rings is 1. The number of anilines is 1. The number of hydrogen-bond acceptors (Lipinski definition) is 6. The van der Waals surface area contributed by atoms with Crippen LogP contribution in [0.15, 0.2) is 47.9 Å². The van der Waals surface area contributed by atoms with E-state index in [9.17, 15) is 0 Å². The number of benzene rings is 1. The topological polar surface area (TPSA) is 61.0 Å². The van der Waals surface area contributed by atoms with E-state index in [1.807, 2.05) is 41.3 Å². The Morgan fingerprint density at radius 3 is 2.67 bits per heavy atom. The first-order valence-electron chi connectivity index (χ1n) is 10.8. The number of rotatable bonds is 10. The van der Waals surface area contributed by atoms with Gasteiger partial charge in [-0.05, 0) is 50.3 Å². The lowest BCUT2D eigenvalue weighted by Crippen LogP contribution is -2.31. The first kappa shape index (κ1) is 20.8. The van der Waals surface area contributed by atoms with Gasteiger partial charge in [0.1, 0.15) is 5.75 Å². The SMILES string of the molecule is COc1ccccc1-n1c(SCCCCCn2cccn2)nnc1N1CCCCC1. The van der Waals surface area contributed by atoms with Gasteiger partial charge < -0.3 is 9.64 Å². The van der Waals surface area contributed by atoms with Gasteiger partial charge in [-0.25, -0.2) is 0 Å². The van der Waals surface area contributed by atoms with Crippen LogP contribution in [0.1, 0.15) is 38.5 Å². The van der Waals surface area contributed by atoms with Gasteiger partial charge in [0.05, 0.1) is 12.8 Å². The molecule has 7 nitrogen and oxygen atoms in total. The quantitative estimate of drug-likeness (QED) is 0.353. The Balaban J connectivity index is 1.44. The van der Waals surface area contributed by atoms with Crippen molar-refractivity contribution in [1.29, 1.82) is 0 Å². The zero-order chi connectivity index (χ0) is 20.6. The summed E-state index contributed by atoms with van der Waals surface area (Å²) in [5.74, 6) is 2.80. The lowest BCUT2D eigenvalue weighted by atomic mass is 10.1. The second-order valence-corrected chi connectivity index (χ2v) is 8.58. The van der Waals surface area contributed by atoms with Crippen molar-refractivity contribution < 1.29 is 4.74 Å². The maximum absolute atomic E-state index is 5.65. The van der Waals surface area contributed by atoms with E-state index in [4.69, 9.17) is 4.74 Å². The predicted molar refractivity (Wildman–Crippen MR) is 121 cm³/mol. The normalized spacial score (nSPS) is 14.2. The molecule has 1 aliphatic rings. The molecule has 160 valence electrons. The van der Waals surface area contributed by atoms with Crippen LogP contribution >= 0.6 is 11.8 Å². The smallest absolute Gasteiger partial charge is 0.232 e. The highest BCUT2D eigenvalue weighted by molar-refractivity contribution is 7.99. The average Bonchev–Trinajstić information content (AvgIpc) is 3.46. The molecular formula is C22H30N6OS. The first-order chi connectivity index (χ1) is 14.9. The predicted octanol–water partition coefficient (Wildman–Crippen LogP) is 4.43. The molecule has 3 aromatic rings. The summed E-state index contributed by atoms with van der Waals surface area (Å²) < 4.78 is 9.82. The van der Waals surface area contributed by atoms with Crippen molar-refractivity contribution in [3.05, 3.63) is 42.7 Å². The third kappa shape index (κ3) is 4.98. The van der Waals surface area contributed by atoms with E-state index in [0.29, 0.717) is 0 Å². The number of aryl methyl sites for hydroxylation is 1. The number of methoxy groups -OCH3 is 1. The summed E-state index contributed by atoms with van der Waals surface area (Å²) in [6.45, 7) is 3.05. The summed E-state index contributed by atoms with van der Waals surface area (Å²) in [7, 11) is 1.72. The van der Waals surface area contributed by atoms with Crippen molar-refractivity contribution in [3.8, 4) is 11.4 Å². The fraction of sp³-hybridized carbons (Fsp3) is 0.500. The second-order valence-electron chi connectivity index (χ2n) is 7.52. The summed E-state index contributed by atoms with van der Waals surface area (Å²) in [4.78, 5) is 2.36. The molecule has 1 aliphatic heterocycles. The van der Waals surface area contributed by atoms with E-state index >= 15 is 0 Å². The van der Waals surface area contributed by atoms with Crippen LogP contribution in [0.25, 0.3) is 5.69 Å². The molecule has 0 saturated carbocycles. The van der Waals surface area contributed by atoms with Crippen molar-refractivity contribution in [1.82, 2.24) is 24.5 Å².